The summed E-state index contributed by atoms with van der Waals surface area (Å²) in [6.07, 6.45) is 0. The smallest absolute Gasteiger partial charge is 0.128 e. The minimum Gasteiger partial charge on any atom is -0.494 e. The van der Waals surface area contributed by atoms with Gasteiger partial charge in [-0.15, -0.1) is 0 Å². The van der Waals surface area contributed by atoms with Crippen molar-refractivity contribution in [2.45, 2.75) is 13.0 Å². The summed E-state index contributed by atoms with van der Waals surface area (Å²) < 4.78 is 20.2. The highest BCUT2D eigenvalue weighted by Crippen LogP contribution is 2.32. The molecule has 0 saturated heterocycles. The van der Waals surface area contributed by atoms with Gasteiger partial charge in [-0.3, -0.25) is 0 Å². The van der Waals surface area contributed by atoms with Gasteiger partial charge in [-0.05, 0) is 31.2 Å². The van der Waals surface area contributed by atoms with Crippen LogP contribution < -0.4 is 10.5 Å². The molecule has 1 atom stereocenters. The summed E-state index contributed by atoms with van der Waals surface area (Å²) in [5, 5.41) is 0. The quantitative estimate of drug-likeness (QED) is 0.921. The van der Waals surface area contributed by atoms with Gasteiger partial charge in [-0.1, -0.05) is 34.1 Å². The monoisotopic (exact) mass is 323 g/mol. The molecule has 2 nitrogen and oxygen atoms in total. The molecule has 0 aliphatic rings. The van der Waals surface area contributed by atoms with Crippen molar-refractivity contribution >= 4 is 15.9 Å². The number of benzene rings is 2. The lowest BCUT2D eigenvalue weighted by Crippen LogP contribution is -2.15. The molecule has 0 aliphatic heterocycles. The molecule has 0 bridgehead atoms. The standard InChI is InChI=1S/C15H15BrFNO/c1-2-19-14-8-7-10(16)9-12(14)15(18)11-5-3-4-6-13(11)17/h3-9,15H,2,18H2,1H3. The summed E-state index contributed by atoms with van der Waals surface area (Å²) in [7, 11) is 0. The number of halogens is 2. The topological polar surface area (TPSA) is 35.2 Å². The van der Waals surface area contributed by atoms with E-state index in [0.717, 1.165) is 10.0 Å². The molecule has 19 heavy (non-hydrogen) atoms. The van der Waals surface area contributed by atoms with Crippen molar-refractivity contribution in [2.75, 3.05) is 6.61 Å². The Kier molecular flexibility index (Phi) is 4.56. The van der Waals surface area contributed by atoms with Crippen LogP contribution in [0.5, 0.6) is 5.75 Å². The zero-order valence-corrected chi connectivity index (χ0v) is 12.2. The third-order valence-electron chi connectivity index (χ3n) is 2.85. The maximum Gasteiger partial charge on any atom is 0.128 e. The zero-order valence-electron chi connectivity index (χ0n) is 10.6. The second-order valence-electron chi connectivity index (χ2n) is 4.11. The van der Waals surface area contributed by atoms with E-state index in [1.807, 2.05) is 25.1 Å². The van der Waals surface area contributed by atoms with Gasteiger partial charge in [0.05, 0.1) is 12.6 Å². The Hall–Kier alpha value is -1.39. The molecular weight excluding hydrogens is 309 g/mol. The highest BCUT2D eigenvalue weighted by molar-refractivity contribution is 9.10. The van der Waals surface area contributed by atoms with Crippen LogP contribution in [0, 0.1) is 5.82 Å². The first kappa shape index (κ1) is 14.0. The van der Waals surface area contributed by atoms with Crippen LogP contribution in [0.15, 0.2) is 46.9 Å². The minimum absolute atomic E-state index is 0.308. The first-order valence-electron chi connectivity index (χ1n) is 6.05. The highest BCUT2D eigenvalue weighted by atomic mass is 79.9. The van der Waals surface area contributed by atoms with Gasteiger partial charge in [0.15, 0.2) is 0 Å². The lowest BCUT2D eigenvalue weighted by molar-refractivity contribution is 0.335. The molecule has 0 heterocycles. The largest absolute Gasteiger partial charge is 0.494 e. The molecule has 2 rings (SSSR count). The number of rotatable bonds is 4. The van der Waals surface area contributed by atoms with Crippen LogP contribution in [0.4, 0.5) is 4.39 Å². The fourth-order valence-electron chi connectivity index (χ4n) is 1.94. The first-order valence-corrected chi connectivity index (χ1v) is 6.85. The Labute approximate surface area is 120 Å². The van der Waals surface area contributed by atoms with Crippen molar-refractivity contribution in [3.8, 4) is 5.75 Å². The maximum atomic E-state index is 13.8. The summed E-state index contributed by atoms with van der Waals surface area (Å²) in [5.41, 5.74) is 7.40. The molecule has 2 aromatic carbocycles. The Morgan fingerprint density at radius 2 is 1.95 bits per heavy atom. The highest BCUT2D eigenvalue weighted by Gasteiger charge is 2.17. The molecule has 0 spiro atoms. The van der Waals surface area contributed by atoms with Gasteiger partial charge in [0.1, 0.15) is 11.6 Å². The first-order chi connectivity index (χ1) is 9.13. The van der Waals surface area contributed by atoms with Crippen molar-refractivity contribution in [1.29, 1.82) is 0 Å². The molecular formula is C15H15BrFNO. The van der Waals surface area contributed by atoms with E-state index < -0.39 is 6.04 Å². The Bertz CT molecular complexity index is 574. The van der Waals surface area contributed by atoms with E-state index in [1.54, 1.807) is 18.2 Å². The van der Waals surface area contributed by atoms with Crippen LogP contribution in [-0.4, -0.2) is 6.61 Å². The Morgan fingerprint density at radius 3 is 2.63 bits per heavy atom. The van der Waals surface area contributed by atoms with Gasteiger partial charge in [0.2, 0.25) is 0 Å². The van der Waals surface area contributed by atoms with Crippen LogP contribution >= 0.6 is 15.9 Å². The molecule has 0 aromatic heterocycles. The molecule has 0 radical (unpaired) electrons. The maximum absolute atomic E-state index is 13.8. The third-order valence-corrected chi connectivity index (χ3v) is 3.34. The number of hydrogen-bond acceptors (Lipinski definition) is 2. The van der Waals surface area contributed by atoms with E-state index >= 15 is 0 Å². The van der Waals surface area contributed by atoms with E-state index in [2.05, 4.69) is 15.9 Å². The molecule has 0 amide bonds. The Morgan fingerprint density at radius 1 is 1.21 bits per heavy atom. The normalized spacial score (nSPS) is 12.2. The fraction of sp³-hybridized carbons (Fsp3) is 0.200. The predicted octanol–water partition coefficient (Wildman–Crippen LogP) is 4.04. The van der Waals surface area contributed by atoms with E-state index in [9.17, 15) is 4.39 Å². The summed E-state index contributed by atoms with van der Waals surface area (Å²) in [5.74, 6) is 0.374. The van der Waals surface area contributed by atoms with Gasteiger partial charge < -0.3 is 10.5 Å². The number of ether oxygens (including phenoxy) is 1. The summed E-state index contributed by atoms with van der Waals surface area (Å²) in [6, 6.07) is 11.5. The van der Waals surface area contributed by atoms with Crippen molar-refractivity contribution in [3.63, 3.8) is 0 Å². The molecule has 0 fully saturated rings. The second kappa shape index (κ2) is 6.17. The van der Waals surface area contributed by atoms with Gasteiger partial charge in [-0.25, -0.2) is 4.39 Å². The van der Waals surface area contributed by atoms with E-state index in [0.29, 0.717) is 17.9 Å². The van der Waals surface area contributed by atoms with Gasteiger partial charge in [-0.2, -0.15) is 0 Å². The summed E-state index contributed by atoms with van der Waals surface area (Å²) >= 11 is 3.40. The zero-order chi connectivity index (χ0) is 13.8. The average Bonchev–Trinajstić information content (AvgIpc) is 2.41. The van der Waals surface area contributed by atoms with Crippen molar-refractivity contribution in [3.05, 3.63) is 63.9 Å². The van der Waals surface area contributed by atoms with Crippen molar-refractivity contribution in [1.82, 2.24) is 0 Å². The molecule has 0 aliphatic carbocycles. The number of hydrogen-bond donors (Lipinski definition) is 1. The molecule has 0 saturated carbocycles. The Balaban J connectivity index is 2.45. The van der Waals surface area contributed by atoms with E-state index in [1.165, 1.54) is 6.07 Å². The molecule has 1 unspecified atom stereocenters. The van der Waals surface area contributed by atoms with Gasteiger partial charge >= 0.3 is 0 Å². The van der Waals surface area contributed by atoms with Crippen LogP contribution in [0.1, 0.15) is 24.1 Å². The molecule has 4 heteroatoms. The summed E-state index contributed by atoms with van der Waals surface area (Å²) in [6.45, 7) is 2.44. The van der Waals surface area contributed by atoms with E-state index in [-0.39, 0.29) is 5.82 Å². The molecule has 2 N–H and O–H groups in total. The SMILES string of the molecule is CCOc1ccc(Br)cc1C(N)c1ccccc1F. The third kappa shape index (κ3) is 3.14. The second-order valence-corrected chi connectivity index (χ2v) is 5.03. The summed E-state index contributed by atoms with van der Waals surface area (Å²) in [4.78, 5) is 0. The lowest BCUT2D eigenvalue weighted by Gasteiger charge is -2.18. The van der Waals surface area contributed by atoms with Crippen LogP contribution in [0.25, 0.3) is 0 Å². The predicted molar refractivity (Wildman–Crippen MR) is 77.7 cm³/mol. The van der Waals surface area contributed by atoms with Crippen molar-refractivity contribution < 1.29 is 9.13 Å². The average molecular weight is 324 g/mol. The van der Waals surface area contributed by atoms with Crippen molar-refractivity contribution in [2.24, 2.45) is 5.73 Å². The molecule has 2 aromatic rings. The van der Waals surface area contributed by atoms with E-state index in [4.69, 9.17) is 10.5 Å². The minimum atomic E-state index is -0.555. The van der Waals surface area contributed by atoms with Gasteiger partial charge in [0.25, 0.3) is 0 Å². The lowest BCUT2D eigenvalue weighted by atomic mass is 9.98. The number of nitrogens with two attached hydrogens (primary N) is 1. The van der Waals surface area contributed by atoms with Crippen LogP contribution in [-0.2, 0) is 0 Å². The van der Waals surface area contributed by atoms with Gasteiger partial charge in [0, 0.05) is 15.6 Å². The van der Waals surface area contributed by atoms with Crippen LogP contribution in [0.3, 0.4) is 0 Å². The molecule has 100 valence electrons. The fourth-order valence-corrected chi connectivity index (χ4v) is 2.32. The van der Waals surface area contributed by atoms with Crippen LogP contribution in [0.2, 0.25) is 0 Å².